The van der Waals surface area contributed by atoms with Crippen molar-refractivity contribution >= 4 is 17.9 Å². The highest BCUT2D eigenvalue weighted by atomic mass is 16.6. The minimum atomic E-state index is -0.797. The highest BCUT2D eigenvalue weighted by molar-refractivity contribution is 5.71. The summed E-state index contributed by atoms with van der Waals surface area (Å²) in [4.78, 5) is 38.3. The van der Waals surface area contributed by atoms with Crippen molar-refractivity contribution in [3.05, 3.63) is 97.2 Å². The average molecular weight is 1040 g/mol. The van der Waals surface area contributed by atoms with Gasteiger partial charge in [-0.05, 0) is 128 Å². The number of allylic oxidation sites excluding steroid dienone is 16. The summed E-state index contributed by atoms with van der Waals surface area (Å²) in [7, 11) is 0. The molecular formula is C69H118O6. The monoisotopic (exact) mass is 1040 g/mol. The molecule has 430 valence electrons. The zero-order valence-corrected chi connectivity index (χ0v) is 49.3. The molecular weight excluding hydrogens is 925 g/mol. The van der Waals surface area contributed by atoms with Gasteiger partial charge >= 0.3 is 17.9 Å². The molecule has 1 atom stereocenters. The highest BCUT2D eigenvalue weighted by Gasteiger charge is 2.19. The van der Waals surface area contributed by atoms with Crippen molar-refractivity contribution < 1.29 is 28.6 Å². The fourth-order valence-corrected chi connectivity index (χ4v) is 8.72. The number of ether oxygens (including phenoxy) is 3. The fraction of sp³-hybridized carbons (Fsp3) is 0.725. The van der Waals surface area contributed by atoms with Crippen molar-refractivity contribution in [3.63, 3.8) is 0 Å². The molecule has 0 spiro atoms. The van der Waals surface area contributed by atoms with Crippen molar-refractivity contribution in [2.75, 3.05) is 13.2 Å². The summed E-state index contributed by atoms with van der Waals surface area (Å²) in [6, 6.07) is 0. The van der Waals surface area contributed by atoms with Gasteiger partial charge in [0.15, 0.2) is 6.10 Å². The van der Waals surface area contributed by atoms with Crippen LogP contribution in [-0.2, 0) is 28.6 Å². The lowest BCUT2D eigenvalue weighted by Gasteiger charge is -2.18. The molecule has 6 heteroatoms. The summed E-state index contributed by atoms with van der Waals surface area (Å²) in [5, 5.41) is 0. The predicted octanol–water partition coefficient (Wildman–Crippen LogP) is 21.7. The van der Waals surface area contributed by atoms with Crippen LogP contribution in [0.3, 0.4) is 0 Å². The minimum Gasteiger partial charge on any atom is -0.462 e. The van der Waals surface area contributed by atoms with Crippen molar-refractivity contribution in [1.29, 1.82) is 0 Å². The molecule has 0 unspecified atom stereocenters. The minimum absolute atomic E-state index is 0.0915. The maximum atomic E-state index is 12.9. The number of rotatable bonds is 57. The predicted molar refractivity (Wildman–Crippen MR) is 325 cm³/mol. The smallest absolute Gasteiger partial charge is 0.306 e. The summed E-state index contributed by atoms with van der Waals surface area (Å²) >= 11 is 0. The molecule has 0 aliphatic carbocycles. The van der Waals surface area contributed by atoms with Gasteiger partial charge in [0, 0.05) is 19.3 Å². The molecule has 0 radical (unpaired) electrons. The number of hydrogen-bond donors (Lipinski definition) is 0. The van der Waals surface area contributed by atoms with Crippen LogP contribution in [0.1, 0.15) is 303 Å². The largest absolute Gasteiger partial charge is 0.462 e. The zero-order chi connectivity index (χ0) is 54.3. The van der Waals surface area contributed by atoms with Crippen LogP contribution in [0.5, 0.6) is 0 Å². The van der Waals surface area contributed by atoms with E-state index >= 15 is 0 Å². The average Bonchev–Trinajstić information content (AvgIpc) is 3.41. The SMILES string of the molecule is CCCCC/C=C\C/C=C\C/C=C\C/C=C\CCCCCC(=O)OC[C@H](COC(=O)CCCCCCCCCCC/C=C\C/C=C\CCCCC)OC(=O)CCCCCCCCCCC/C=C\C/C=C\CCCCC. The molecule has 0 heterocycles. The van der Waals surface area contributed by atoms with Gasteiger partial charge < -0.3 is 14.2 Å². The van der Waals surface area contributed by atoms with E-state index in [-0.39, 0.29) is 31.1 Å². The normalized spacial score (nSPS) is 12.7. The van der Waals surface area contributed by atoms with E-state index in [2.05, 4.69) is 118 Å². The Balaban J connectivity index is 4.45. The first-order valence-electron chi connectivity index (χ1n) is 31.7. The maximum absolute atomic E-state index is 12.9. The Labute approximate surface area is 464 Å². The Kier molecular flexibility index (Phi) is 59.8. The van der Waals surface area contributed by atoms with Crippen LogP contribution in [0.15, 0.2) is 97.2 Å². The Morgan fingerprint density at radius 2 is 0.480 bits per heavy atom. The van der Waals surface area contributed by atoms with Gasteiger partial charge in [-0.25, -0.2) is 0 Å². The highest BCUT2D eigenvalue weighted by Crippen LogP contribution is 2.15. The van der Waals surface area contributed by atoms with Crippen molar-refractivity contribution in [1.82, 2.24) is 0 Å². The second-order valence-electron chi connectivity index (χ2n) is 21.0. The molecule has 0 amide bonds. The Morgan fingerprint density at radius 3 is 0.760 bits per heavy atom. The lowest BCUT2D eigenvalue weighted by molar-refractivity contribution is -0.167. The number of unbranched alkanes of at least 4 members (excludes halogenated alkanes) is 30. The fourth-order valence-electron chi connectivity index (χ4n) is 8.72. The number of hydrogen-bond acceptors (Lipinski definition) is 6. The Hall–Kier alpha value is -3.67. The second-order valence-corrected chi connectivity index (χ2v) is 21.0. The third-order valence-electron chi connectivity index (χ3n) is 13.5. The van der Waals surface area contributed by atoms with Gasteiger partial charge in [-0.15, -0.1) is 0 Å². The van der Waals surface area contributed by atoms with Gasteiger partial charge in [-0.3, -0.25) is 14.4 Å². The lowest BCUT2D eigenvalue weighted by Crippen LogP contribution is -2.30. The molecule has 0 saturated carbocycles. The van der Waals surface area contributed by atoms with E-state index in [1.54, 1.807) is 0 Å². The van der Waals surface area contributed by atoms with Gasteiger partial charge in [-0.2, -0.15) is 0 Å². The molecule has 0 fully saturated rings. The van der Waals surface area contributed by atoms with Gasteiger partial charge in [0.2, 0.25) is 0 Å². The van der Waals surface area contributed by atoms with Gasteiger partial charge in [0.1, 0.15) is 13.2 Å². The Bertz CT molecular complexity index is 1480. The summed E-state index contributed by atoms with van der Waals surface area (Å²) in [5.41, 5.74) is 0. The van der Waals surface area contributed by atoms with Crippen LogP contribution in [0.2, 0.25) is 0 Å². The van der Waals surface area contributed by atoms with E-state index in [1.807, 2.05) is 0 Å². The Morgan fingerprint density at radius 1 is 0.267 bits per heavy atom. The van der Waals surface area contributed by atoms with E-state index in [1.165, 1.54) is 167 Å². The van der Waals surface area contributed by atoms with Crippen LogP contribution >= 0.6 is 0 Å². The van der Waals surface area contributed by atoms with Crippen molar-refractivity contribution in [2.24, 2.45) is 0 Å². The third kappa shape index (κ3) is 61.1. The van der Waals surface area contributed by atoms with E-state index in [4.69, 9.17) is 14.2 Å². The number of carbonyl (C=O) groups is 3. The molecule has 0 bridgehead atoms. The molecule has 0 aliphatic heterocycles. The summed E-state index contributed by atoms with van der Waals surface area (Å²) in [6.07, 6.45) is 84.0. The molecule has 0 aromatic carbocycles. The van der Waals surface area contributed by atoms with Crippen LogP contribution in [0, 0.1) is 0 Å². The third-order valence-corrected chi connectivity index (χ3v) is 13.5. The van der Waals surface area contributed by atoms with Crippen LogP contribution < -0.4 is 0 Å². The topological polar surface area (TPSA) is 78.9 Å². The summed E-state index contributed by atoms with van der Waals surface area (Å²) in [5.74, 6) is -0.923. The zero-order valence-electron chi connectivity index (χ0n) is 49.3. The van der Waals surface area contributed by atoms with Crippen LogP contribution in [-0.4, -0.2) is 37.2 Å². The molecule has 0 aromatic heterocycles. The lowest BCUT2D eigenvalue weighted by atomic mass is 10.1. The van der Waals surface area contributed by atoms with Crippen molar-refractivity contribution in [2.45, 2.75) is 309 Å². The van der Waals surface area contributed by atoms with Gasteiger partial charge in [0.05, 0.1) is 0 Å². The first kappa shape index (κ1) is 71.3. The van der Waals surface area contributed by atoms with E-state index < -0.39 is 6.10 Å². The quantitative estimate of drug-likeness (QED) is 0.0261. The summed E-state index contributed by atoms with van der Waals surface area (Å²) < 4.78 is 16.9. The molecule has 0 N–H and O–H groups in total. The molecule has 6 nitrogen and oxygen atoms in total. The second kappa shape index (κ2) is 62.9. The first-order chi connectivity index (χ1) is 37.0. The molecule has 0 aliphatic rings. The maximum Gasteiger partial charge on any atom is 0.306 e. The van der Waals surface area contributed by atoms with Gasteiger partial charge in [0.25, 0.3) is 0 Å². The summed E-state index contributed by atoms with van der Waals surface area (Å²) in [6.45, 7) is 6.55. The van der Waals surface area contributed by atoms with Crippen molar-refractivity contribution in [3.8, 4) is 0 Å². The number of carbonyl (C=O) groups excluding carboxylic acids is 3. The molecule has 0 rings (SSSR count). The molecule has 0 aromatic rings. The molecule has 75 heavy (non-hydrogen) atoms. The molecule has 0 saturated heterocycles. The van der Waals surface area contributed by atoms with Crippen LogP contribution in [0.4, 0.5) is 0 Å². The van der Waals surface area contributed by atoms with Gasteiger partial charge in [-0.1, -0.05) is 253 Å². The van der Waals surface area contributed by atoms with E-state index in [9.17, 15) is 14.4 Å². The van der Waals surface area contributed by atoms with E-state index in [0.29, 0.717) is 19.3 Å². The number of esters is 3. The van der Waals surface area contributed by atoms with Crippen LogP contribution in [0.25, 0.3) is 0 Å². The van der Waals surface area contributed by atoms with E-state index in [0.717, 1.165) is 96.3 Å². The first-order valence-corrected chi connectivity index (χ1v) is 31.7. The standard InChI is InChI=1S/C69H118O6/c1-4-7-10-13-16-19-22-25-28-31-34-37-40-43-46-49-52-55-58-61-67(70)73-64-66(75-69(72)63-60-57-54-51-48-45-42-39-36-33-30-27-24-21-18-15-12-9-6-3)65-74-68(71)62-59-56-53-50-47-44-41-38-35-32-29-26-23-20-17-14-11-8-5-2/h16-21,25-30,34,37,43,46,66H,4-15,22-24,31-33,35-36,38-42,44-45,47-65H2,1-3H3/b19-16-,20-17-,21-18-,28-25-,29-26-,30-27-,37-34-,46-43-/t66-/m1/s1.